The van der Waals surface area contributed by atoms with Gasteiger partial charge in [-0.05, 0) is 27.7 Å². The van der Waals surface area contributed by atoms with Crippen LogP contribution in [0.15, 0.2) is 0 Å². The summed E-state index contributed by atoms with van der Waals surface area (Å²) in [7, 11) is -1.96. The van der Waals surface area contributed by atoms with Crippen LogP contribution in [0.5, 0.6) is 0 Å². The Morgan fingerprint density at radius 1 is 0.833 bits per heavy atom. The molecule has 0 aromatic carbocycles. The molecule has 0 saturated carbocycles. The van der Waals surface area contributed by atoms with Crippen molar-refractivity contribution in [2.75, 3.05) is 13.2 Å². The highest BCUT2D eigenvalue weighted by Gasteiger charge is 2.55. The van der Waals surface area contributed by atoms with E-state index in [9.17, 15) is 9.59 Å². The van der Waals surface area contributed by atoms with Gasteiger partial charge in [0, 0.05) is 13.2 Å². The maximum absolute atomic E-state index is 11.7. The van der Waals surface area contributed by atoms with Crippen molar-refractivity contribution < 1.29 is 28.2 Å². The van der Waals surface area contributed by atoms with Crippen molar-refractivity contribution >= 4 is 26.0 Å². The second kappa shape index (κ2) is 4.28. The van der Waals surface area contributed by atoms with E-state index in [0.717, 1.165) is 0 Å². The Morgan fingerprint density at radius 3 is 1.44 bits per heavy atom. The van der Waals surface area contributed by atoms with Gasteiger partial charge in [0.1, 0.15) is 0 Å². The van der Waals surface area contributed by atoms with Gasteiger partial charge in [-0.15, -0.1) is 0 Å². The third-order valence-electron chi connectivity index (χ3n) is 2.99. The Kier molecular flexibility index (Phi) is 3.19. The van der Waals surface area contributed by atoms with Crippen molar-refractivity contribution in [3.05, 3.63) is 0 Å². The Labute approximate surface area is 107 Å². The summed E-state index contributed by atoms with van der Waals surface area (Å²) in [6, 6.07) is 0. The molecule has 0 bridgehead atoms. The number of carbonyl (C=O) groups is 2. The zero-order chi connectivity index (χ0) is 13.6. The van der Waals surface area contributed by atoms with Crippen LogP contribution in [0.25, 0.3) is 0 Å². The molecule has 6 nitrogen and oxygen atoms in total. The molecule has 0 aromatic rings. The molecule has 0 radical (unpaired) electrons. The van der Waals surface area contributed by atoms with Crippen LogP contribution in [0.3, 0.4) is 0 Å². The average Bonchev–Trinajstić information content (AvgIpc) is 2.26. The molecule has 0 unspecified atom stereocenters. The predicted octanol–water partition coefficient (Wildman–Crippen LogP) is 0.240. The highest BCUT2D eigenvalue weighted by molar-refractivity contribution is 7.11. The zero-order valence-electron chi connectivity index (χ0n) is 11.0. The molecule has 0 aromatic heterocycles. The van der Waals surface area contributed by atoms with Gasteiger partial charge in [-0.3, -0.25) is 9.59 Å². The van der Waals surface area contributed by atoms with Gasteiger partial charge in [0.25, 0.3) is 11.9 Å². The first-order valence-electron chi connectivity index (χ1n) is 5.88. The quantitative estimate of drug-likeness (QED) is 0.624. The van der Waals surface area contributed by atoms with Crippen molar-refractivity contribution in [2.24, 2.45) is 10.8 Å². The second-order valence-corrected chi connectivity index (χ2v) is 5.94. The minimum Gasteiger partial charge on any atom is -0.510 e. The highest BCUT2D eigenvalue weighted by atomic mass is 16.7. The normalized spacial score (nSPS) is 26.7. The van der Waals surface area contributed by atoms with Crippen LogP contribution in [-0.2, 0) is 28.2 Å². The third kappa shape index (κ3) is 2.40. The summed E-state index contributed by atoms with van der Waals surface area (Å²) < 4.78 is 20.9. The van der Waals surface area contributed by atoms with Crippen molar-refractivity contribution in [3.63, 3.8) is 0 Å². The van der Waals surface area contributed by atoms with Crippen molar-refractivity contribution in [1.29, 1.82) is 0 Å². The van der Waals surface area contributed by atoms with Gasteiger partial charge in [-0.1, -0.05) is 0 Å². The smallest absolute Gasteiger partial charge is 0.510 e. The molecule has 0 N–H and O–H groups in total. The van der Waals surface area contributed by atoms with Crippen LogP contribution in [0, 0.1) is 10.8 Å². The zero-order valence-corrected chi connectivity index (χ0v) is 11.0. The summed E-state index contributed by atoms with van der Waals surface area (Å²) in [5.41, 5.74) is -1.37. The first-order valence-corrected chi connectivity index (χ1v) is 5.88. The Morgan fingerprint density at radius 2 is 1.17 bits per heavy atom. The lowest BCUT2D eigenvalue weighted by molar-refractivity contribution is -0.156. The van der Waals surface area contributed by atoms with Crippen LogP contribution in [0.1, 0.15) is 27.7 Å². The lowest BCUT2D eigenvalue weighted by Crippen LogP contribution is -2.59. The Balaban J connectivity index is 1.99. The Bertz CT molecular complexity index is 345. The van der Waals surface area contributed by atoms with Crippen molar-refractivity contribution in [2.45, 2.75) is 27.7 Å². The molecule has 2 aliphatic heterocycles. The van der Waals surface area contributed by atoms with Crippen LogP contribution in [0.2, 0.25) is 0 Å². The molecule has 2 heterocycles. The molecule has 0 amide bonds. The molecule has 18 heavy (non-hydrogen) atoms. The van der Waals surface area contributed by atoms with Gasteiger partial charge in [0.2, 0.25) is 0 Å². The Hall–Kier alpha value is -1.01. The molecule has 2 rings (SSSR count). The van der Waals surface area contributed by atoms with Crippen molar-refractivity contribution in [3.8, 4) is 0 Å². The monoisotopic (exact) mass is 254 g/mol. The van der Waals surface area contributed by atoms with E-state index in [0.29, 0.717) is 0 Å². The minimum atomic E-state index is -0.981. The summed E-state index contributed by atoms with van der Waals surface area (Å²) >= 11 is 0. The fourth-order valence-electron chi connectivity index (χ4n) is 1.57. The maximum atomic E-state index is 11.7. The molecule has 0 spiro atoms. The van der Waals surface area contributed by atoms with E-state index >= 15 is 0 Å². The summed E-state index contributed by atoms with van der Waals surface area (Å²) in [5.74, 6) is -0.772. The molecule has 2 saturated heterocycles. The van der Waals surface area contributed by atoms with Crippen LogP contribution < -0.4 is 0 Å². The molecular formula is C10H16B2O6. The van der Waals surface area contributed by atoms with E-state index in [1.807, 2.05) is 0 Å². The maximum Gasteiger partial charge on any atom is 0.574 e. The highest BCUT2D eigenvalue weighted by Crippen LogP contribution is 2.28. The predicted molar refractivity (Wildman–Crippen MR) is 63.2 cm³/mol. The van der Waals surface area contributed by atoms with Crippen LogP contribution in [-0.4, -0.2) is 39.2 Å². The summed E-state index contributed by atoms with van der Waals surface area (Å²) in [6.45, 7) is 7.31. The lowest BCUT2D eigenvalue weighted by Gasteiger charge is -2.36. The average molecular weight is 254 g/mol. The summed E-state index contributed by atoms with van der Waals surface area (Å²) in [6.07, 6.45) is 0. The first kappa shape index (κ1) is 13.4. The van der Waals surface area contributed by atoms with Gasteiger partial charge in [-0.25, -0.2) is 0 Å². The third-order valence-corrected chi connectivity index (χ3v) is 2.99. The number of hydrogen-bond acceptors (Lipinski definition) is 6. The van der Waals surface area contributed by atoms with E-state index in [1.54, 1.807) is 27.7 Å². The van der Waals surface area contributed by atoms with E-state index in [4.69, 9.17) is 18.6 Å². The van der Waals surface area contributed by atoms with Gasteiger partial charge in [-0.2, -0.15) is 0 Å². The molecular weight excluding hydrogens is 238 g/mol. The van der Waals surface area contributed by atoms with Gasteiger partial charge in [0.15, 0.2) is 0 Å². The number of rotatable bonds is 1. The lowest BCUT2D eigenvalue weighted by atomic mass is 9.47. The van der Waals surface area contributed by atoms with Crippen LogP contribution >= 0.6 is 0 Å². The van der Waals surface area contributed by atoms with Gasteiger partial charge >= 0.3 is 14.0 Å². The molecule has 0 aliphatic carbocycles. The van der Waals surface area contributed by atoms with E-state index < -0.39 is 24.8 Å². The molecule has 98 valence electrons. The largest absolute Gasteiger partial charge is 0.574 e. The topological polar surface area (TPSA) is 71.1 Å². The molecule has 0 atom stereocenters. The molecule has 8 heteroatoms. The summed E-state index contributed by atoms with van der Waals surface area (Å²) in [5, 5.41) is 0. The fourth-order valence-corrected chi connectivity index (χ4v) is 1.57. The number of hydrogen-bond donors (Lipinski definition) is 0. The fraction of sp³-hybridized carbons (Fsp3) is 0.800. The van der Waals surface area contributed by atoms with Crippen LogP contribution in [0.4, 0.5) is 0 Å². The van der Waals surface area contributed by atoms with Gasteiger partial charge < -0.3 is 18.6 Å². The summed E-state index contributed by atoms with van der Waals surface area (Å²) in [4.78, 5) is 23.4. The minimum absolute atomic E-state index is 0.206. The van der Waals surface area contributed by atoms with E-state index in [-0.39, 0.29) is 25.2 Å². The number of carbonyl (C=O) groups excluding carboxylic acids is 2. The first-order chi connectivity index (χ1) is 8.22. The van der Waals surface area contributed by atoms with E-state index in [2.05, 4.69) is 0 Å². The van der Waals surface area contributed by atoms with Gasteiger partial charge in [0.05, 0.1) is 10.8 Å². The van der Waals surface area contributed by atoms with Crippen molar-refractivity contribution in [1.82, 2.24) is 0 Å². The van der Waals surface area contributed by atoms with E-state index in [1.165, 1.54) is 0 Å². The standard InChI is InChI=1S/C10H16B2O6/c1-9(2)5-15-11(17-7(9)13)12-16-6-10(3,4)8(14)18-12/h5-6H2,1-4H3. The SMILES string of the molecule is CC1(C)COB(B2OCC(C)(C)C(=O)O2)OC1=O. The molecule has 2 fully saturated rings. The molecule has 2 aliphatic rings. The second-order valence-electron chi connectivity index (χ2n) is 5.94.